The molecule has 7 heteroatoms. The molecule has 0 radical (unpaired) electrons. The van der Waals surface area contributed by atoms with Crippen LogP contribution in [0, 0.1) is 0 Å². The molecule has 0 fully saturated rings. The number of unbranched alkanes of at least 4 members (excludes halogenated alkanes) is 4. The van der Waals surface area contributed by atoms with Crippen LogP contribution in [0.5, 0.6) is 0 Å². The topological polar surface area (TPSA) is 43.0 Å². The molecule has 182 valence electrons. The van der Waals surface area contributed by atoms with Gasteiger partial charge in [0, 0.05) is 47.0 Å². The van der Waals surface area contributed by atoms with Crippen molar-refractivity contribution in [2.45, 2.75) is 65.0 Å². The number of halogens is 1. The van der Waals surface area contributed by atoms with Gasteiger partial charge in [-0.05, 0) is 24.7 Å². The highest BCUT2D eigenvalue weighted by Crippen LogP contribution is 2.14. The standard InChI is InChI=1S/C17H30N2O3Si.C7H16.ClH/c1-5-19(16-17-10-7-6-8-11-17)14-13-18-12-9-15-23(20-2,21-3)22-4;1-3-5-7-6-4-2;/h5-8,10-11,18H,1,9,12-16H2,2-4H3;3-7H2,1-2H3;1H. The van der Waals surface area contributed by atoms with E-state index in [9.17, 15) is 0 Å². The zero-order valence-electron chi connectivity index (χ0n) is 20.5. The lowest BCUT2D eigenvalue weighted by molar-refractivity contribution is 0.123. The molecule has 1 rings (SSSR count). The van der Waals surface area contributed by atoms with Crippen LogP contribution in [0.1, 0.15) is 57.9 Å². The van der Waals surface area contributed by atoms with E-state index in [-0.39, 0.29) is 12.4 Å². The lowest BCUT2D eigenvalue weighted by Gasteiger charge is -2.24. The molecule has 0 bridgehead atoms. The van der Waals surface area contributed by atoms with Gasteiger partial charge in [-0.25, -0.2) is 0 Å². The zero-order chi connectivity index (χ0) is 22.5. The second-order valence-corrected chi connectivity index (χ2v) is 10.4. The van der Waals surface area contributed by atoms with Crippen molar-refractivity contribution >= 4 is 21.2 Å². The molecule has 0 aliphatic rings. The highest BCUT2D eigenvalue weighted by Gasteiger charge is 2.36. The van der Waals surface area contributed by atoms with Gasteiger partial charge in [0.25, 0.3) is 0 Å². The van der Waals surface area contributed by atoms with Gasteiger partial charge in [0.05, 0.1) is 0 Å². The average Bonchev–Trinajstić information content (AvgIpc) is 2.80. The quantitative estimate of drug-likeness (QED) is 0.225. The van der Waals surface area contributed by atoms with E-state index in [1.807, 2.05) is 12.3 Å². The molecule has 1 aromatic carbocycles. The molecular weight excluding hydrogens is 428 g/mol. The van der Waals surface area contributed by atoms with E-state index < -0.39 is 8.80 Å². The van der Waals surface area contributed by atoms with Crippen molar-refractivity contribution in [2.24, 2.45) is 0 Å². The van der Waals surface area contributed by atoms with E-state index in [0.717, 1.165) is 38.6 Å². The van der Waals surface area contributed by atoms with Crippen molar-refractivity contribution in [3.05, 3.63) is 48.7 Å². The first-order chi connectivity index (χ1) is 14.6. The highest BCUT2D eigenvalue weighted by molar-refractivity contribution is 6.60. The second kappa shape index (κ2) is 22.3. The van der Waals surface area contributed by atoms with Crippen molar-refractivity contribution in [2.75, 3.05) is 41.0 Å². The van der Waals surface area contributed by atoms with Crippen LogP contribution in [0.2, 0.25) is 6.04 Å². The predicted octanol–water partition coefficient (Wildman–Crippen LogP) is 5.89. The molecule has 0 amide bonds. The average molecular weight is 475 g/mol. The number of nitrogens with zero attached hydrogens (tertiary/aromatic N) is 1. The Hall–Kier alpha value is -0.893. The minimum Gasteiger partial charge on any atom is -0.377 e. The van der Waals surface area contributed by atoms with Gasteiger partial charge in [-0.2, -0.15) is 0 Å². The third kappa shape index (κ3) is 16.4. The van der Waals surface area contributed by atoms with Gasteiger partial charge in [-0.3, -0.25) is 0 Å². The summed E-state index contributed by atoms with van der Waals surface area (Å²) in [6, 6.07) is 11.2. The van der Waals surface area contributed by atoms with E-state index in [0.29, 0.717) is 0 Å². The van der Waals surface area contributed by atoms with Gasteiger partial charge < -0.3 is 23.5 Å². The molecule has 5 nitrogen and oxygen atoms in total. The molecule has 1 aromatic rings. The summed E-state index contributed by atoms with van der Waals surface area (Å²) in [7, 11) is 2.53. The Morgan fingerprint density at radius 3 is 1.97 bits per heavy atom. The maximum atomic E-state index is 5.41. The Labute approximate surface area is 199 Å². The van der Waals surface area contributed by atoms with Crippen molar-refractivity contribution < 1.29 is 13.3 Å². The van der Waals surface area contributed by atoms with E-state index in [4.69, 9.17) is 13.3 Å². The predicted molar refractivity (Wildman–Crippen MR) is 138 cm³/mol. The lowest BCUT2D eigenvalue weighted by Crippen LogP contribution is -2.43. The summed E-state index contributed by atoms with van der Waals surface area (Å²) < 4.78 is 16.2. The normalized spacial score (nSPS) is 10.6. The molecule has 0 saturated heterocycles. The van der Waals surface area contributed by atoms with Gasteiger partial charge in [-0.1, -0.05) is 82.9 Å². The summed E-state index contributed by atoms with van der Waals surface area (Å²) in [5, 5.41) is 3.45. The number of hydrogen-bond donors (Lipinski definition) is 1. The summed E-state index contributed by atoms with van der Waals surface area (Å²) in [6.07, 6.45) is 9.87. The molecule has 0 aliphatic carbocycles. The van der Waals surface area contributed by atoms with Crippen LogP contribution in [0.25, 0.3) is 0 Å². The van der Waals surface area contributed by atoms with Crippen LogP contribution < -0.4 is 5.32 Å². The Kier molecular flexibility index (Phi) is 23.2. The van der Waals surface area contributed by atoms with Crippen LogP contribution in [0.15, 0.2) is 43.1 Å². The summed E-state index contributed by atoms with van der Waals surface area (Å²) in [4.78, 5) is 2.21. The smallest absolute Gasteiger partial charge is 0.377 e. The van der Waals surface area contributed by atoms with E-state index in [1.54, 1.807) is 21.3 Å². The van der Waals surface area contributed by atoms with Crippen LogP contribution in [-0.2, 0) is 19.8 Å². The number of hydrogen-bond acceptors (Lipinski definition) is 5. The van der Waals surface area contributed by atoms with Crippen molar-refractivity contribution in [3.63, 3.8) is 0 Å². The summed E-state index contributed by atoms with van der Waals surface area (Å²) >= 11 is 0. The molecule has 0 aromatic heterocycles. The maximum absolute atomic E-state index is 5.41. The fraction of sp³-hybridized carbons (Fsp3) is 0.667. The number of rotatable bonds is 17. The molecule has 31 heavy (non-hydrogen) atoms. The minimum atomic E-state index is -2.42. The highest BCUT2D eigenvalue weighted by atomic mass is 35.5. The first-order valence-corrected chi connectivity index (χ1v) is 13.3. The third-order valence-electron chi connectivity index (χ3n) is 5.04. The van der Waals surface area contributed by atoms with Gasteiger partial charge >= 0.3 is 8.80 Å². The summed E-state index contributed by atoms with van der Waals surface area (Å²) in [5.74, 6) is 0. The molecule has 0 aliphatic heterocycles. The first kappa shape index (κ1) is 32.3. The largest absolute Gasteiger partial charge is 0.500 e. The van der Waals surface area contributed by atoms with E-state index in [1.165, 1.54) is 37.7 Å². The monoisotopic (exact) mass is 474 g/mol. The fourth-order valence-corrected chi connectivity index (χ4v) is 4.79. The van der Waals surface area contributed by atoms with Crippen LogP contribution >= 0.6 is 12.4 Å². The Morgan fingerprint density at radius 2 is 1.48 bits per heavy atom. The maximum Gasteiger partial charge on any atom is 0.500 e. The van der Waals surface area contributed by atoms with E-state index >= 15 is 0 Å². The zero-order valence-corrected chi connectivity index (χ0v) is 22.3. The minimum absolute atomic E-state index is 0. The van der Waals surface area contributed by atoms with Gasteiger partial charge in [0.2, 0.25) is 0 Å². The molecule has 0 heterocycles. The van der Waals surface area contributed by atoms with Gasteiger partial charge in [-0.15, -0.1) is 12.4 Å². The fourth-order valence-electron chi connectivity index (χ4n) is 3.06. The molecule has 1 N–H and O–H groups in total. The molecule has 0 spiro atoms. The molecule has 0 unspecified atom stereocenters. The van der Waals surface area contributed by atoms with Crippen molar-refractivity contribution in [1.29, 1.82) is 0 Å². The third-order valence-corrected chi connectivity index (χ3v) is 7.87. The van der Waals surface area contributed by atoms with Crippen LogP contribution in [0.3, 0.4) is 0 Å². The number of nitrogens with one attached hydrogen (secondary N) is 1. The second-order valence-electron chi connectivity index (χ2n) is 7.35. The molecular formula is C24H47ClN2O3Si. The van der Waals surface area contributed by atoms with Gasteiger partial charge in [0.15, 0.2) is 0 Å². The van der Waals surface area contributed by atoms with Crippen LogP contribution in [-0.4, -0.2) is 54.7 Å². The van der Waals surface area contributed by atoms with Crippen molar-refractivity contribution in [3.8, 4) is 0 Å². The Morgan fingerprint density at radius 1 is 0.903 bits per heavy atom. The SMILES string of the molecule is C=CN(CCNCCC[Si](OC)(OC)OC)Cc1ccccc1.CCCCCCC.Cl. The first-order valence-electron chi connectivity index (χ1n) is 11.4. The summed E-state index contributed by atoms with van der Waals surface area (Å²) in [5.41, 5.74) is 1.29. The lowest BCUT2D eigenvalue weighted by atomic mass is 10.2. The van der Waals surface area contributed by atoms with Crippen molar-refractivity contribution in [1.82, 2.24) is 10.2 Å². The summed E-state index contributed by atoms with van der Waals surface area (Å²) in [6.45, 7) is 12.0. The Balaban J connectivity index is 0. The number of benzene rings is 1. The Bertz CT molecular complexity index is 493. The molecule has 0 atom stereocenters. The van der Waals surface area contributed by atoms with Crippen LogP contribution in [0.4, 0.5) is 0 Å². The van der Waals surface area contributed by atoms with E-state index in [2.05, 4.69) is 54.9 Å². The van der Waals surface area contributed by atoms with Gasteiger partial charge in [0.1, 0.15) is 0 Å². The molecule has 0 saturated carbocycles.